The molecule has 0 heterocycles. The second-order valence-corrected chi connectivity index (χ2v) is 5.60. The van der Waals surface area contributed by atoms with Crippen LogP contribution in [0.2, 0.25) is 0 Å². The smallest absolute Gasteiger partial charge is 0.341 e. The first kappa shape index (κ1) is 17.3. The molecule has 0 unspecified atom stereocenters. The molecule has 2 rings (SSSR count). The number of carbonyl (C=O) groups is 2. The van der Waals surface area contributed by atoms with Gasteiger partial charge in [-0.1, -0.05) is 18.9 Å². The first-order valence-corrected chi connectivity index (χ1v) is 7.99. The third-order valence-corrected chi connectivity index (χ3v) is 3.72. The summed E-state index contributed by atoms with van der Waals surface area (Å²) in [7, 11) is 0. The lowest BCUT2D eigenvalue weighted by atomic mass is 10.2. The summed E-state index contributed by atoms with van der Waals surface area (Å²) in [6.45, 7) is 0.780. The molecule has 0 saturated heterocycles. The van der Waals surface area contributed by atoms with Crippen LogP contribution in [0.4, 0.5) is 0 Å². The minimum absolute atomic E-state index is 0.202. The van der Waals surface area contributed by atoms with Gasteiger partial charge in [-0.3, -0.25) is 4.79 Å². The van der Waals surface area contributed by atoms with Crippen molar-refractivity contribution in [3.63, 3.8) is 0 Å². The van der Waals surface area contributed by atoms with Crippen molar-refractivity contribution >= 4 is 11.9 Å². The molecule has 6 nitrogen and oxygen atoms in total. The van der Waals surface area contributed by atoms with E-state index in [2.05, 4.69) is 5.32 Å². The van der Waals surface area contributed by atoms with Crippen LogP contribution in [-0.4, -0.2) is 42.8 Å². The van der Waals surface area contributed by atoms with Crippen LogP contribution in [0, 0.1) is 0 Å². The van der Waals surface area contributed by atoms with E-state index >= 15 is 0 Å². The van der Waals surface area contributed by atoms with Crippen LogP contribution in [0.5, 0.6) is 5.75 Å². The number of amides is 1. The summed E-state index contributed by atoms with van der Waals surface area (Å²) >= 11 is 0. The summed E-state index contributed by atoms with van der Waals surface area (Å²) in [6, 6.07) is 6.48. The summed E-state index contributed by atoms with van der Waals surface area (Å²) < 4.78 is 10.8. The molecule has 0 bridgehead atoms. The number of hydrogen-bond acceptors (Lipinski definition) is 4. The fraction of sp³-hybridized carbons (Fsp3) is 0.529. The number of carboxylic acid groups (broad SMARTS) is 1. The van der Waals surface area contributed by atoms with Gasteiger partial charge in [0.25, 0.3) is 5.91 Å². The molecule has 1 amide bonds. The van der Waals surface area contributed by atoms with Crippen molar-refractivity contribution in [1.29, 1.82) is 0 Å². The van der Waals surface area contributed by atoms with E-state index in [1.165, 1.54) is 18.9 Å². The van der Waals surface area contributed by atoms with Gasteiger partial charge in [0.1, 0.15) is 5.75 Å². The molecular weight excluding hydrogens is 298 g/mol. The highest BCUT2D eigenvalue weighted by molar-refractivity contribution is 5.94. The number of aliphatic carboxylic acids is 1. The highest BCUT2D eigenvalue weighted by atomic mass is 16.5. The Balaban J connectivity index is 1.68. The number of rotatable bonds is 9. The van der Waals surface area contributed by atoms with Gasteiger partial charge in [-0.15, -0.1) is 0 Å². The van der Waals surface area contributed by atoms with Crippen molar-refractivity contribution in [2.45, 2.75) is 38.2 Å². The van der Waals surface area contributed by atoms with E-state index < -0.39 is 12.6 Å². The topological polar surface area (TPSA) is 84.9 Å². The van der Waals surface area contributed by atoms with E-state index in [-0.39, 0.29) is 5.91 Å². The van der Waals surface area contributed by atoms with Crippen LogP contribution in [0.1, 0.15) is 42.5 Å². The van der Waals surface area contributed by atoms with Crippen molar-refractivity contribution in [3.8, 4) is 5.75 Å². The van der Waals surface area contributed by atoms with Gasteiger partial charge in [-0.25, -0.2) is 4.79 Å². The Hall–Kier alpha value is -2.08. The Morgan fingerprint density at radius 2 is 2.04 bits per heavy atom. The van der Waals surface area contributed by atoms with Gasteiger partial charge in [-0.2, -0.15) is 0 Å². The zero-order valence-corrected chi connectivity index (χ0v) is 13.1. The van der Waals surface area contributed by atoms with E-state index in [1.54, 1.807) is 18.2 Å². The number of carbonyl (C=O) groups excluding carboxylic acids is 1. The number of ether oxygens (including phenoxy) is 2. The molecule has 6 heteroatoms. The standard InChI is InChI=1S/C17H23NO5/c19-16(20)12-23-15-8-3-5-13(11-15)17(21)18-9-4-10-22-14-6-1-2-7-14/h3,5,8,11,14H,1-2,4,6-7,9-10,12H2,(H,18,21)(H,19,20). The van der Waals surface area contributed by atoms with Crippen molar-refractivity contribution in [2.24, 2.45) is 0 Å². The Labute approximate surface area is 135 Å². The molecule has 1 aliphatic rings. The van der Waals surface area contributed by atoms with Gasteiger partial charge in [0, 0.05) is 18.7 Å². The Bertz CT molecular complexity index is 525. The summed E-state index contributed by atoms with van der Waals surface area (Å²) in [5.74, 6) is -0.890. The molecule has 126 valence electrons. The largest absolute Gasteiger partial charge is 0.482 e. The molecular formula is C17H23NO5. The Kier molecular flexibility index (Phi) is 6.87. The fourth-order valence-corrected chi connectivity index (χ4v) is 2.55. The highest BCUT2D eigenvalue weighted by Gasteiger charge is 2.14. The van der Waals surface area contributed by atoms with E-state index in [1.807, 2.05) is 0 Å². The molecule has 1 aromatic carbocycles. The summed E-state index contributed by atoms with van der Waals surface area (Å²) in [5, 5.41) is 11.4. The second kappa shape index (κ2) is 9.15. The maximum atomic E-state index is 12.0. The molecule has 0 atom stereocenters. The Morgan fingerprint density at radius 1 is 1.26 bits per heavy atom. The normalized spacial score (nSPS) is 14.6. The molecule has 23 heavy (non-hydrogen) atoms. The summed E-state index contributed by atoms with van der Waals surface area (Å²) in [4.78, 5) is 22.5. The number of benzene rings is 1. The van der Waals surface area contributed by atoms with Crippen LogP contribution in [0.3, 0.4) is 0 Å². The molecule has 0 radical (unpaired) electrons. The molecule has 1 aliphatic carbocycles. The van der Waals surface area contributed by atoms with Crippen molar-refractivity contribution in [2.75, 3.05) is 19.8 Å². The molecule has 1 fully saturated rings. The lowest BCUT2D eigenvalue weighted by Crippen LogP contribution is -2.25. The monoisotopic (exact) mass is 321 g/mol. The predicted octanol–water partition coefficient (Wildman–Crippen LogP) is 2.23. The lowest BCUT2D eigenvalue weighted by Gasteiger charge is -2.11. The van der Waals surface area contributed by atoms with Gasteiger partial charge in [0.05, 0.1) is 6.10 Å². The van der Waals surface area contributed by atoms with Crippen molar-refractivity contribution < 1.29 is 24.2 Å². The third-order valence-electron chi connectivity index (χ3n) is 3.72. The summed E-state index contributed by atoms with van der Waals surface area (Å²) in [6.07, 6.45) is 5.97. The molecule has 0 aromatic heterocycles. The SMILES string of the molecule is O=C(O)COc1cccc(C(=O)NCCCOC2CCCC2)c1. The number of carboxylic acids is 1. The van der Waals surface area contributed by atoms with Crippen molar-refractivity contribution in [1.82, 2.24) is 5.32 Å². The van der Waals surface area contributed by atoms with E-state index in [0.29, 0.717) is 30.6 Å². The lowest BCUT2D eigenvalue weighted by molar-refractivity contribution is -0.139. The third kappa shape index (κ3) is 6.28. The van der Waals surface area contributed by atoms with E-state index in [4.69, 9.17) is 14.6 Å². The van der Waals surface area contributed by atoms with Gasteiger partial charge in [-0.05, 0) is 37.5 Å². The fourth-order valence-electron chi connectivity index (χ4n) is 2.55. The average Bonchev–Trinajstić information content (AvgIpc) is 3.06. The minimum Gasteiger partial charge on any atom is -0.482 e. The van der Waals surface area contributed by atoms with Crippen LogP contribution >= 0.6 is 0 Å². The van der Waals surface area contributed by atoms with Crippen LogP contribution in [0.25, 0.3) is 0 Å². The molecule has 2 N–H and O–H groups in total. The quantitative estimate of drug-likeness (QED) is 0.681. The molecule has 1 aromatic rings. The van der Waals surface area contributed by atoms with Crippen LogP contribution < -0.4 is 10.1 Å². The predicted molar refractivity (Wildman–Crippen MR) is 84.7 cm³/mol. The first-order valence-electron chi connectivity index (χ1n) is 7.99. The number of nitrogens with one attached hydrogen (secondary N) is 1. The molecule has 0 spiro atoms. The molecule has 1 saturated carbocycles. The maximum Gasteiger partial charge on any atom is 0.341 e. The van der Waals surface area contributed by atoms with Crippen molar-refractivity contribution in [3.05, 3.63) is 29.8 Å². The van der Waals surface area contributed by atoms with Gasteiger partial charge in [0.2, 0.25) is 0 Å². The number of hydrogen-bond donors (Lipinski definition) is 2. The minimum atomic E-state index is -1.05. The van der Waals surface area contributed by atoms with Crippen LogP contribution in [-0.2, 0) is 9.53 Å². The highest BCUT2D eigenvalue weighted by Crippen LogP contribution is 2.20. The Morgan fingerprint density at radius 3 is 2.78 bits per heavy atom. The molecule has 0 aliphatic heterocycles. The van der Waals surface area contributed by atoms with E-state index in [9.17, 15) is 9.59 Å². The summed E-state index contributed by atoms with van der Waals surface area (Å²) in [5.41, 5.74) is 0.449. The van der Waals surface area contributed by atoms with Gasteiger partial charge >= 0.3 is 5.97 Å². The van der Waals surface area contributed by atoms with Crippen LogP contribution in [0.15, 0.2) is 24.3 Å². The second-order valence-electron chi connectivity index (χ2n) is 5.60. The van der Waals surface area contributed by atoms with Gasteiger partial charge in [0.15, 0.2) is 6.61 Å². The maximum absolute atomic E-state index is 12.0. The van der Waals surface area contributed by atoms with Gasteiger partial charge < -0.3 is 19.9 Å². The van der Waals surface area contributed by atoms with E-state index in [0.717, 1.165) is 19.3 Å². The zero-order valence-electron chi connectivity index (χ0n) is 13.1. The zero-order chi connectivity index (χ0) is 16.5. The first-order chi connectivity index (χ1) is 11.1. The average molecular weight is 321 g/mol.